The zero-order valence-corrected chi connectivity index (χ0v) is 17.6. The summed E-state index contributed by atoms with van der Waals surface area (Å²) in [6.45, 7) is 0. The fraction of sp³-hybridized carbons (Fsp3) is 0.217. The topological polar surface area (TPSA) is 127 Å². The summed E-state index contributed by atoms with van der Waals surface area (Å²) in [7, 11) is -3.90. The second kappa shape index (κ2) is 9.82. The van der Waals surface area contributed by atoms with Gasteiger partial charge in [-0.15, -0.1) is 0 Å². The van der Waals surface area contributed by atoms with Crippen LogP contribution in [0.4, 0.5) is 0 Å². The number of fused-ring (bicyclic) bond motifs is 1. The first-order chi connectivity index (χ1) is 14.7. The number of rotatable bonds is 10. The molecular weight excluding hydrogens is 416 g/mol. The summed E-state index contributed by atoms with van der Waals surface area (Å²) in [4.78, 5) is 23.7. The van der Waals surface area contributed by atoms with E-state index in [9.17, 15) is 18.0 Å². The van der Waals surface area contributed by atoms with Gasteiger partial charge in [0.05, 0.1) is 24.3 Å². The van der Waals surface area contributed by atoms with Crippen LogP contribution in [-0.4, -0.2) is 37.4 Å². The predicted octanol–water partition coefficient (Wildman–Crippen LogP) is 2.24. The van der Waals surface area contributed by atoms with Gasteiger partial charge in [-0.05, 0) is 28.3 Å². The Kier molecular flexibility index (Phi) is 7.17. The van der Waals surface area contributed by atoms with Crippen LogP contribution in [0.2, 0.25) is 0 Å². The first-order valence-electron chi connectivity index (χ1n) is 9.76. The lowest BCUT2D eigenvalue weighted by molar-refractivity contribution is -0.139. The van der Waals surface area contributed by atoms with Crippen LogP contribution in [0.15, 0.2) is 72.8 Å². The van der Waals surface area contributed by atoms with Crippen molar-refractivity contribution in [2.24, 2.45) is 5.73 Å². The molecule has 2 atom stereocenters. The minimum atomic E-state index is -3.90. The van der Waals surface area contributed by atoms with E-state index in [2.05, 4.69) is 4.72 Å². The van der Waals surface area contributed by atoms with E-state index >= 15 is 0 Å². The number of carboxylic acid groups (broad SMARTS) is 1. The minimum absolute atomic E-state index is 0.0734. The summed E-state index contributed by atoms with van der Waals surface area (Å²) in [6.07, 6.45) is -0.500. The number of sulfonamides is 1. The monoisotopic (exact) mass is 440 g/mol. The van der Waals surface area contributed by atoms with Gasteiger partial charge in [-0.1, -0.05) is 72.8 Å². The summed E-state index contributed by atoms with van der Waals surface area (Å²) in [5.41, 5.74) is 7.05. The molecule has 0 saturated heterocycles. The average molecular weight is 441 g/mol. The van der Waals surface area contributed by atoms with E-state index in [0.717, 1.165) is 16.3 Å². The lowest BCUT2D eigenvalue weighted by atomic mass is 9.97. The van der Waals surface area contributed by atoms with Crippen LogP contribution in [0.25, 0.3) is 10.8 Å². The van der Waals surface area contributed by atoms with Gasteiger partial charge in [0, 0.05) is 0 Å². The molecule has 31 heavy (non-hydrogen) atoms. The van der Waals surface area contributed by atoms with Crippen LogP contribution in [0.3, 0.4) is 0 Å². The number of Topliss-reactive ketones (excluding diaryl/α,β-unsaturated/α-hetero) is 1. The van der Waals surface area contributed by atoms with E-state index in [4.69, 9.17) is 10.8 Å². The first kappa shape index (κ1) is 22.6. The number of hydrogen-bond donors (Lipinski definition) is 3. The third-order valence-electron chi connectivity index (χ3n) is 4.88. The Labute approximate surface area is 180 Å². The molecule has 4 N–H and O–H groups in total. The van der Waals surface area contributed by atoms with Crippen LogP contribution in [0.1, 0.15) is 17.5 Å². The lowest BCUT2D eigenvalue weighted by Crippen LogP contribution is -2.50. The van der Waals surface area contributed by atoms with Gasteiger partial charge < -0.3 is 10.8 Å². The molecular formula is C23H24N2O5S. The molecule has 0 aliphatic heterocycles. The van der Waals surface area contributed by atoms with Gasteiger partial charge >= 0.3 is 5.97 Å². The van der Waals surface area contributed by atoms with Crippen LogP contribution in [0, 0.1) is 0 Å². The number of carboxylic acids is 1. The highest BCUT2D eigenvalue weighted by atomic mass is 32.2. The zero-order valence-electron chi connectivity index (χ0n) is 16.8. The third kappa shape index (κ3) is 6.45. The molecule has 0 spiro atoms. The Morgan fingerprint density at radius 1 is 0.903 bits per heavy atom. The smallest absolute Gasteiger partial charge is 0.305 e. The number of aliphatic carboxylic acids is 1. The van der Waals surface area contributed by atoms with Gasteiger partial charge in [-0.2, -0.15) is 0 Å². The molecule has 3 rings (SSSR count). The highest BCUT2D eigenvalue weighted by molar-refractivity contribution is 7.88. The molecule has 3 aromatic rings. The number of hydrogen-bond acceptors (Lipinski definition) is 5. The Morgan fingerprint density at radius 3 is 2.23 bits per heavy atom. The number of carbonyl (C=O) groups excluding carboxylic acids is 1. The molecule has 1 unspecified atom stereocenters. The first-order valence-corrected chi connectivity index (χ1v) is 11.4. The molecule has 0 heterocycles. The van der Waals surface area contributed by atoms with Crippen molar-refractivity contribution in [3.05, 3.63) is 83.9 Å². The second-order valence-electron chi connectivity index (χ2n) is 7.41. The molecule has 162 valence electrons. The van der Waals surface area contributed by atoms with Crippen LogP contribution in [-0.2, 0) is 31.8 Å². The van der Waals surface area contributed by atoms with E-state index in [0.29, 0.717) is 5.56 Å². The Morgan fingerprint density at radius 2 is 1.55 bits per heavy atom. The van der Waals surface area contributed by atoms with Gasteiger partial charge in [0.15, 0.2) is 5.78 Å². The van der Waals surface area contributed by atoms with Gasteiger partial charge in [-0.3, -0.25) is 9.59 Å². The van der Waals surface area contributed by atoms with Crippen molar-refractivity contribution < 1.29 is 23.1 Å². The highest BCUT2D eigenvalue weighted by Gasteiger charge is 2.30. The van der Waals surface area contributed by atoms with Crippen molar-refractivity contribution in [1.29, 1.82) is 0 Å². The number of benzene rings is 3. The number of nitrogens with two attached hydrogens (primary N) is 1. The van der Waals surface area contributed by atoms with Gasteiger partial charge in [0.1, 0.15) is 0 Å². The van der Waals surface area contributed by atoms with Crippen molar-refractivity contribution in [2.45, 2.75) is 30.7 Å². The summed E-state index contributed by atoms with van der Waals surface area (Å²) in [6, 6.07) is 19.4. The predicted molar refractivity (Wildman–Crippen MR) is 119 cm³/mol. The van der Waals surface area contributed by atoms with Crippen molar-refractivity contribution in [3.8, 4) is 0 Å². The molecule has 0 radical (unpaired) electrons. The zero-order chi connectivity index (χ0) is 22.4. The van der Waals surface area contributed by atoms with Gasteiger partial charge in [-0.25, -0.2) is 13.1 Å². The average Bonchev–Trinajstić information content (AvgIpc) is 2.72. The van der Waals surface area contributed by atoms with Crippen molar-refractivity contribution in [2.75, 3.05) is 0 Å². The third-order valence-corrected chi connectivity index (χ3v) is 6.24. The molecule has 0 aromatic heterocycles. The van der Waals surface area contributed by atoms with Gasteiger partial charge in [0.25, 0.3) is 0 Å². The molecule has 8 heteroatoms. The second-order valence-corrected chi connectivity index (χ2v) is 9.16. The van der Waals surface area contributed by atoms with Gasteiger partial charge in [0.2, 0.25) is 10.0 Å². The maximum atomic E-state index is 12.9. The summed E-state index contributed by atoms with van der Waals surface area (Å²) < 4.78 is 28.2. The number of carbonyl (C=O) groups is 2. The molecule has 3 aromatic carbocycles. The molecule has 0 amide bonds. The molecule has 0 aliphatic rings. The molecule has 0 fully saturated rings. The van der Waals surface area contributed by atoms with E-state index < -0.39 is 40.3 Å². The minimum Gasteiger partial charge on any atom is -0.481 e. The molecule has 7 nitrogen and oxygen atoms in total. The fourth-order valence-corrected chi connectivity index (χ4v) is 4.74. The SMILES string of the molecule is N[C@@H](CC(=O)O)C(=O)C(Cc1ccccc1)NS(=O)(=O)Cc1ccc2ccccc2c1. The molecule has 0 aliphatic carbocycles. The fourth-order valence-electron chi connectivity index (χ4n) is 3.40. The highest BCUT2D eigenvalue weighted by Crippen LogP contribution is 2.17. The van der Waals surface area contributed by atoms with E-state index in [1.165, 1.54) is 0 Å². The number of ketones is 1. The van der Waals surface area contributed by atoms with Crippen molar-refractivity contribution in [1.82, 2.24) is 4.72 Å². The number of nitrogens with one attached hydrogen (secondary N) is 1. The lowest BCUT2D eigenvalue weighted by Gasteiger charge is -2.21. The molecule has 0 bridgehead atoms. The molecule has 0 saturated carbocycles. The summed E-state index contributed by atoms with van der Waals surface area (Å²) in [5.74, 6) is -2.20. The summed E-state index contributed by atoms with van der Waals surface area (Å²) in [5, 5.41) is 10.9. The Hall–Kier alpha value is -3.07. The normalized spacial score (nSPS) is 13.6. The van der Waals surface area contributed by atoms with E-state index in [-0.39, 0.29) is 12.2 Å². The summed E-state index contributed by atoms with van der Waals surface area (Å²) >= 11 is 0. The Balaban J connectivity index is 1.81. The van der Waals surface area contributed by atoms with Crippen LogP contribution >= 0.6 is 0 Å². The standard InChI is InChI=1S/C23H24N2O5S/c24-20(14-22(26)27)23(28)21(13-16-6-2-1-3-7-16)25-31(29,30)15-17-10-11-18-8-4-5-9-19(18)12-17/h1-12,20-21,25H,13-15,24H2,(H,26,27)/t20-,21?/m0/s1. The van der Waals surface area contributed by atoms with Crippen molar-refractivity contribution in [3.63, 3.8) is 0 Å². The van der Waals surface area contributed by atoms with Crippen LogP contribution in [0.5, 0.6) is 0 Å². The van der Waals surface area contributed by atoms with E-state index in [1.54, 1.807) is 42.5 Å². The maximum absolute atomic E-state index is 12.9. The quantitative estimate of drug-likeness (QED) is 0.444. The Bertz CT molecular complexity index is 1180. The maximum Gasteiger partial charge on any atom is 0.305 e. The van der Waals surface area contributed by atoms with E-state index in [1.807, 2.05) is 30.3 Å². The largest absolute Gasteiger partial charge is 0.481 e. The van der Waals surface area contributed by atoms with Crippen LogP contribution < -0.4 is 10.5 Å². The van der Waals surface area contributed by atoms with Crippen molar-refractivity contribution >= 4 is 32.5 Å².